The molecule has 0 aromatic rings. The normalized spacial score (nSPS) is 10.3. The van der Waals surface area contributed by atoms with E-state index in [4.69, 9.17) is 0 Å². The zero-order valence-electron chi connectivity index (χ0n) is 4.98. The molecule has 0 saturated carbocycles. The second-order valence-corrected chi connectivity index (χ2v) is 2.74. The molecule has 0 amide bonds. The molecule has 10 heavy (non-hydrogen) atoms. The van der Waals surface area contributed by atoms with Gasteiger partial charge in [-0.15, -0.1) is 0 Å². The van der Waals surface area contributed by atoms with Crippen LogP contribution < -0.4 is 0 Å². The van der Waals surface area contributed by atoms with E-state index in [-0.39, 0.29) is 25.6 Å². The van der Waals surface area contributed by atoms with Gasteiger partial charge in [-0.05, 0) is 13.8 Å². The first kappa shape index (κ1) is 16.5. The summed E-state index contributed by atoms with van der Waals surface area (Å²) in [6.07, 6.45) is 0. The van der Waals surface area contributed by atoms with Crippen LogP contribution in [0.2, 0.25) is 0 Å². The third kappa shape index (κ3) is 7.95. The highest BCUT2D eigenvalue weighted by Crippen LogP contribution is 1.98. The fraction of sp³-hybridized carbons (Fsp3) is 0.857. The van der Waals surface area contributed by atoms with E-state index in [0.29, 0.717) is 6.61 Å². The van der Waals surface area contributed by atoms with Crippen LogP contribution in [-0.4, -0.2) is 17.4 Å². The minimum atomic E-state index is -0.201. The Morgan fingerprint density at radius 2 is 2.00 bits per heavy atom. The summed E-state index contributed by atoms with van der Waals surface area (Å²) < 4.78 is 4.62. The van der Waals surface area contributed by atoms with Crippen molar-refractivity contribution in [2.75, 3.05) is 6.61 Å². The summed E-state index contributed by atoms with van der Waals surface area (Å²) in [6.45, 7) is 3.97. The van der Waals surface area contributed by atoms with Gasteiger partial charge in [0.2, 0.25) is 0 Å². The van der Waals surface area contributed by atoms with E-state index in [2.05, 4.69) is 20.7 Å². The highest BCUT2D eigenvalue weighted by molar-refractivity contribution is 9.10. The summed E-state index contributed by atoms with van der Waals surface area (Å²) in [5.74, 6) is -0.201. The van der Waals surface area contributed by atoms with E-state index < -0.39 is 0 Å². The minimum Gasteiger partial charge on any atom is -0.465 e. The summed E-state index contributed by atoms with van der Waals surface area (Å²) in [4.78, 5) is 10.3. The van der Waals surface area contributed by atoms with Crippen molar-refractivity contribution in [2.24, 2.45) is 0 Å². The fourth-order valence-electron chi connectivity index (χ4n) is 0.257. The number of alkyl halides is 1. The van der Waals surface area contributed by atoms with Crippen LogP contribution in [0, 0.1) is 0 Å². The number of hydrogen-bond acceptors (Lipinski definition) is 2. The molecular weight excluding hydrogens is 196 g/mol. The van der Waals surface area contributed by atoms with Crippen LogP contribution in [-0.2, 0) is 9.53 Å². The third-order valence-corrected chi connectivity index (χ3v) is 0.985. The van der Waals surface area contributed by atoms with Gasteiger partial charge in [-0.3, -0.25) is 4.79 Å². The number of rotatable bonds is 2. The van der Waals surface area contributed by atoms with Gasteiger partial charge in [-0.2, -0.15) is 0 Å². The van der Waals surface area contributed by atoms with Crippen molar-refractivity contribution in [1.82, 2.24) is 0 Å². The minimum absolute atomic E-state index is 0. The smallest absolute Gasteiger partial charge is 0.319 e. The highest BCUT2D eigenvalue weighted by Gasteiger charge is 2.07. The lowest BCUT2D eigenvalue weighted by molar-refractivity contribution is -0.141. The van der Waals surface area contributed by atoms with E-state index in [1.54, 1.807) is 13.8 Å². The maximum atomic E-state index is 10.5. The molecular formula is C7H17BrO2. The van der Waals surface area contributed by atoms with Gasteiger partial charge in [0.15, 0.2) is 0 Å². The Hall–Kier alpha value is -0.0500. The van der Waals surface area contributed by atoms with Crippen LogP contribution in [0.5, 0.6) is 0 Å². The van der Waals surface area contributed by atoms with Crippen molar-refractivity contribution in [3.63, 3.8) is 0 Å². The second-order valence-electron chi connectivity index (χ2n) is 1.37. The van der Waals surface area contributed by atoms with Gasteiger partial charge in [-0.1, -0.05) is 30.8 Å². The summed E-state index contributed by atoms with van der Waals surface area (Å²) in [5, 5.41) is 0. The van der Waals surface area contributed by atoms with Gasteiger partial charge in [0, 0.05) is 0 Å². The predicted molar refractivity (Wildman–Crippen MR) is 48.5 cm³/mol. The Labute approximate surface area is 72.1 Å². The average molecular weight is 213 g/mol. The van der Waals surface area contributed by atoms with E-state index in [1.165, 1.54) is 0 Å². The van der Waals surface area contributed by atoms with Gasteiger partial charge < -0.3 is 4.74 Å². The Morgan fingerprint density at radius 1 is 1.60 bits per heavy atom. The van der Waals surface area contributed by atoms with Crippen LogP contribution in [0.1, 0.15) is 28.7 Å². The Bertz CT molecular complexity index is 81.7. The molecule has 2 nitrogen and oxygen atoms in total. The second kappa shape index (κ2) is 8.95. The topological polar surface area (TPSA) is 26.3 Å². The summed E-state index contributed by atoms with van der Waals surface area (Å²) in [5.41, 5.74) is 0. The molecule has 0 aliphatic heterocycles. The molecule has 64 valence electrons. The molecule has 0 bridgehead atoms. The number of ether oxygens (including phenoxy) is 1. The summed E-state index contributed by atoms with van der Waals surface area (Å²) in [6, 6.07) is 0. The largest absolute Gasteiger partial charge is 0.465 e. The Kier molecular flexibility index (Phi) is 14.8. The molecule has 0 saturated heterocycles. The molecule has 1 atom stereocenters. The van der Waals surface area contributed by atoms with Crippen molar-refractivity contribution in [2.45, 2.75) is 33.5 Å². The van der Waals surface area contributed by atoms with Crippen LogP contribution in [0.3, 0.4) is 0 Å². The molecule has 0 radical (unpaired) electrons. The van der Waals surface area contributed by atoms with Gasteiger partial charge in [0.1, 0.15) is 4.83 Å². The fourth-order valence-corrected chi connectivity index (χ4v) is 0.389. The highest BCUT2D eigenvalue weighted by atomic mass is 79.9. The van der Waals surface area contributed by atoms with Crippen molar-refractivity contribution in [3.05, 3.63) is 0 Å². The van der Waals surface area contributed by atoms with Crippen molar-refractivity contribution in [1.29, 1.82) is 0 Å². The van der Waals surface area contributed by atoms with E-state index in [1.807, 2.05) is 0 Å². The molecule has 0 rings (SSSR count). The lowest BCUT2D eigenvalue weighted by Gasteiger charge is -2.00. The number of halogens is 1. The number of carbonyl (C=O) groups is 1. The quantitative estimate of drug-likeness (QED) is 0.520. The molecule has 0 fully saturated rings. The lowest BCUT2D eigenvalue weighted by Crippen LogP contribution is -2.13. The zero-order chi connectivity index (χ0) is 6.57. The SMILES string of the molecule is C.C.CCOC(=O)C(C)Br. The predicted octanol–water partition coefficient (Wildman–Crippen LogP) is 2.61. The van der Waals surface area contributed by atoms with Gasteiger partial charge in [0.25, 0.3) is 0 Å². The zero-order valence-corrected chi connectivity index (χ0v) is 6.56. The molecule has 0 heterocycles. The molecule has 1 unspecified atom stereocenters. The number of hydrogen-bond donors (Lipinski definition) is 0. The molecule has 0 aliphatic carbocycles. The Balaban J connectivity index is -0.000000245. The first-order chi connectivity index (χ1) is 3.68. The van der Waals surface area contributed by atoms with Crippen LogP contribution >= 0.6 is 15.9 Å². The molecule has 0 aromatic carbocycles. The maximum Gasteiger partial charge on any atom is 0.319 e. The van der Waals surface area contributed by atoms with Crippen LogP contribution in [0.25, 0.3) is 0 Å². The van der Waals surface area contributed by atoms with E-state index >= 15 is 0 Å². The molecule has 0 N–H and O–H groups in total. The summed E-state index contributed by atoms with van der Waals surface area (Å²) in [7, 11) is 0. The van der Waals surface area contributed by atoms with Gasteiger partial charge >= 0.3 is 5.97 Å². The van der Waals surface area contributed by atoms with E-state index in [9.17, 15) is 4.79 Å². The van der Waals surface area contributed by atoms with E-state index in [0.717, 1.165) is 0 Å². The first-order valence-electron chi connectivity index (χ1n) is 2.49. The van der Waals surface area contributed by atoms with Gasteiger partial charge in [-0.25, -0.2) is 0 Å². The monoisotopic (exact) mass is 212 g/mol. The molecule has 0 aromatic heterocycles. The van der Waals surface area contributed by atoms with Crippen molar-refractivity contribution in [3.8, 4) is 0 Å². The standard InChI is InChI=1S/C5H9BrO2.2CH4/c1-3-8-5(7)4(2)6;;/h4H,3H2,1-2H3;2*1H4. The molecule has 0 aliphatic rings. The van der Waals surface area contributed by atoms with Crippen LogP contribution in [0.4, 0.5) is 0 Å². The first-order valence-corrected chi connectivity index (χ1v) is 3.40. The van der Waals surface area contributed by atoms with Crippen LogP contribution in [0.15, 0.2) is 0 Å². The van der Waals surface area contributed by atoms with Crippen molar-refractivity contribution < 1.29 is 9.53 Å². The van der Waals surface area contributed by atoms with Gasteiger partial charge in [0.05, 0.1) is 6.61 Å². The summed E-state index contributed by atoms with van der Waals surface area (Å²) >= 11 is 3.07. The van der Waals surface area contributed by atoms with Crippen molar-refractivity contribution >= 4 is 21.9 Å². The Morgan fingerprint density at radius 3 is 2.10 bits per heavy atom. The molecule has 0 spiro atoms. The molecule has 3 heteroatoms. The third-order valence-electron chi connectivity index (χ3n) is 0.611. The average Bonchev–Trinajstić information content (AvgIpc) is 1.67. The lowest BCUT2D eigenvalue weighted by atomic mass is 10.5. The number of esters is 1. The number of carbonyl (C=O) groups excluding carboxylic acids is 1. The maximum absolute atomic E-state index is 10.5.